The number of ether oxygens (including phenoxy) is 3. The summed E-state index contributed by atoms with van der Waals surface area (Å²) in [5.41, 5.74) is -4.31. The second-order valence-electron chi connectivity index (χ2n) is 14.4. The third kappa shape index (κ3) is 12.3. The van der Waals surface area contributed by atoms with Crippen molar-refractivity contribution >= 4 is 52.2 Å². The highest BCUT2D eigenvalue weighted by atomic mass is 32.1. The molecule has 3 rings (SSSR count). The number of amides is 4. The van der Waals surface area contributed by atoms with Gasteiger partial charge in [0.15, 0.2) is 16.7 Å². The maximum absolute atomic E-state index is 13.6. The molecule has 1 fully saturated rings. The first-order valence-corrected chi connectivity index (χ1v) is 16.1. The van der Waals surface area contributed by atoms with Crippen molar-refractivity contribution in [2.75, 3.05) is 5.32 Å². The monoisotopic (exact) mass is 708 g/mol. The van der Waals surface area contributed by atoms with E-state index in [-0.39, 0.29) is 29.7 Å². The maximum atomic E-state index is 13.6. The Labute approximate surface area is 287 Å². The average Bonchev–Trinajstić information content (AvgIpc) is 3.57. The largest absolute Gasteiger partial charge is 0.457 e. The van der Waals surface area contributed by atoms with Crippen molar-refractivity contribution < 1.29 is 43.0 Å². The van der Waals surface area contributed by atoms with E-state index in [1.54, 1.807) is 62.3 Å². The van der Waals surface area contributed by atoms with Gasteiger partial charge in [-0.3, -0.25) is 14.9 Å². The Kier molecular flexibility index (Phi) is 11.6. The zero-order chi connectivity index (χ0) is 36.9. The molecule has 3 heterocycles. The lowest BCUT2D eigenvalue weighted by Crippen LogP contribution is -2.70. The summed E-state index contributed by atoms with van der Waals surface area (Å²) in [7, 11) is 0. The van der Waals surface area contributed by atoms with Crippen molar-refractivity contribution in [1.29, 1.82) is 0 Å². The van der Waals surface area contributed by atoms with Gasteiger partial charge in [-0.15, -0.1) is 21.5 Å². The van der Waals surface area contributed by atoms with E-state index in [1.807, 2.05) is 0 Å². The Bertz CT molecular complexity index is 1580. The summed E-state index contributed by atoms with van der Waals surface area (Å²) in [4.78, 5) is 74.1. The number of nitrogens with zero attached hydrogens (tertiary/aromatic N) is 6. The summed E-state index contributed by atoms with van der Waals surface area (Å²) >= 11 is 0.978. The number of aromatic nitrogens is 5. The van der Waals surface area contributed by atoms with Crippen LogP contribution < -0.4 is 21.3 Å². The van der Waals surface area contributed by atoms with Gasteiger partial charge < -0.3 is 35.0 Å². The van der Waals surface area contributed by atoms with Crippen molar-refractivity contribution in [3.63, 3.8) is 0 Å². The van der Waals surface area contributed by atoms with E-state index in [1.165, 1.54) is 24.0 Å². The molecule has 0 aromatic carbocycles. The van der Waals surface area contributed by atoms with Gasteiger partial charge in [-0.05, 0) is 81.4 Å². The molecule has 1 aliphatic heterocycles. The summed E-state index contributed by atoms with van der Waals surface area (Å²) in [5.74, 6) is -1.91. The molecule has 0 radical (unpaired) electrons. The van der Waals surface area contributed by atoms with Crippen LogP contribution in [0.25, 0.3) is 0 Å². The number of nitrogens with one attached hydrogen (secondary N) is 4. The molecule has 4 amide bonds. The lowest BCUT2D eigenvalue weighted by molar-refractivity contribution is -0.179. The van der Waals surface area contributed by atoms with Crippen molar-refractivity contribution in [3.05, 3.63) is 16.9 Å². The standard InChI is InChI=1S/C29H44N10O9S/c1-26(2,3)45-22(42)29(10,11)48-37-19(16-14-49-23(32-16)34-25(44)47-28(7,8)9)21(41)33-18-15(31-20(18)40)13-39-36-17(35-38-39)12-30-24(43)46-27(4,5)6/h14-15,18H,12-13H2,1-11H3,(H,30,43)(H,31,40)(H,33,41)(H,32,34,44)/b37-19-/t15-,18+/m1/s1. The number of hydrogen-bond donors (Lipinski definition) is 4. The van der Waals surface area contributed by atoms with Crippen molar-refractivity contribution in [1.82, 2.24) is 41.1 Å². The molecule has 1 saturated heterocycles. The molecule has 4 N–H and O–H groups in total. The van der Waals surface area contributed by atoms with E-state index < -0.39 is 70.2 Å². The Morgan fingerprint density at radius 3 is 2.14 bits per heavy atom. The smallest absolute Gasteiger partial charge is 0.413 e. The normalized spacial score (nSPS) is 16.9. The topological polar surface area (TPSA) is 239 Å². The molecular weight excluding hydrogens is 664 g/mol. The van der Waals surface area contributed by atoms with Gasteiger partial charge in [0.25, 0.3) is 5.91 Å². The third-order valence-electron chi connectivity index (χ3n) is 5.77. The highest BCUT2D eigenvalue weighted by Crippen LogP contribution is 2.21. The minimum atomic E-state index is -1.63. The number of esters is 1. The van der Waals surface area contributed by atoms with E-state index in [4.69, 9.17) is 19.0 Å². The fraction of sp³-hybridized carbons (Fsp3) is 0.655. The first-order valence-electron chi connectivity index (χ1n) is 15.2. The van der Waals surface area contributed by atoms with Gasteiger partial charge in [-0.2, -0.15) is 4.80 Å². The number of rotatable bonds is 11. The van der Waals surface area contributed by atoms with E-state index in [9.17, 15) is 24.0 Å². The number of carbonyl (C=O) groups excluding carboxylic acids is 5. The molecule has 270 valence electrons. The van der Waals surface area contributed by atoms with Crippen LogP contribution >= 0.6 is 11.3 Å². The SMILES string of the molecule is CC(C)(C)OC(=O)NCc1nnn(C[C@H]2NC(=O)[C@H]2NC(=O)/C(=N\OC(C)(C)C(=O)OC(C)(C)C)c2csc(NC(=O)OC(C)(C)C)n2)n1. The van der Waals surface area contributed by atoms with Gasteiger partial charge in [0.2, 0.25) is 11.5 Å². The van der Waals surface area contributed by atoms with Crippen LogP contribution in [0.4, 0.5) is 14.7 Å². The fourth-order valence-corrected chi connectivity index (χ4v) is 4.35. The second kappa shape index (κ2) is 14.7. The highest BCUT2D eigenvalue weighted by Gasteiger charge is 2.42. The van der Waals surface area contributed by atoms with Crippen LogP contribution in [-0.2, 0) is 46.5 Å². The molecule has 0 spiro atoms. The molecule has 0 unspecified atom stereocenters. The fourth-order valence-electron chi connectivity index (χ4n) is 3.67. The summed E-state index contributed by atoms with van der Waals surface area (Å²) in [6, 6.07) is -1.71. The summed E-state index contributed by atoms with van der Waals surface area (Å²) < 4.78 is 15.8. The highest BCUT2D eigenvalue weighted by molar-refractivity contribution is 7.14. The average molecular weight is 709 g/mol. The number of oxime groups is 1. The molecule has 19 nitrogen and oxygen atoms in total. The van der Waals surface area contributed by atoms with Crippen LogP contribution in [-0.4, -0.2) is 95.4 Å². The first kappa shape index (κ1) is 38.6. The van der Waals surface area contributed by atoms with Gasteiger partial charge in [0, 0.05) is 5.38 Å². The zero-order valence-electron chi connectivity index (χ0n) is 29.4. The van der Waals surface area contributed by atoms with Crippen molar-refractivity contribution in [2.24, 2.45) is 5.16 Å². The van der Waals surface area contributed by atoms with Gasteiger partial charge >= 0.3 is 18.2 Å². The van der Waals surface area contributed by atoms with Crippen LogP contribution in [0.2, 0.25) is 0 Å². The number of thiazole rings is 1. The van der Waals surface area contributed by atoms with E-state index >= 15 is 0 Å². The Balaban J connectivity index is 1.76. The van der Waals surface area contributed by atoms with Gasteiger partial charge in [0.1, 0.15) is 28.5 Å². The van der Waals surface area contributed by atoms with E-state index in [0.29, 0.717) is 0 Å². The quantitative estimate of drug-likeness (QED) is 0.0860. The number of carbonyl (C=O) groups is 5. The number of hydrogen-bond acceptors (Lipinski definition) is 15. The van der Waals surface area contributed by atoms with Crippen LogP contribution in [0.5, 0.6) is 0 Å². The predicted octanol–water partition coefficient (Wildman–Crippen LogP) is 2.03. The summed E-state index contributed by atoms with van der Waals surface area (Å²) in [6.07, 6.45) is -1.42. The third-order valence-corrected chi connectivity index (χ3v) is 6.53. The first-order chi connectivity index (χ1) is 22.4. The van der Waals surface area contributed by atoms with Gasteiger partial charge in [-0.1, -0.05) is 5.16 Å². The zero-order valence-corrected chi connectivity index (χ0v) is 30.2. The molecule has 0 bridgehead atoms. The van der Waals surface area contributed by atoms with Crippen LogP contribution in [0.3, 0.4) is 0 Å². The Morgan fingerprint density at radius 1 is 0.939 bits per heavy atom. The van der Waals surface area contributed by atoms with E-state index in [2.05, 4.69) is 46.8 Å². The predicted molar refractivity (Wildman–Crippen MR) is 174 cm³/mol. The van der Waals surface area contributed by atoms with Crippen LogP contribution in [0.1, 0.15) is 87.7 Å². The van der Waals surface area contributed by atoms with Gasteiger partial charge in [-0.25, -0.2) is 19.4 Å². The number of β-lactam (4-membered cyclic amide) rings is 1. The Hall–Kier alpha value is -4.88. The Morgan fingerprint density at radius 2 is 1.55 bits per heavy atom. The molecule has 20 heteroatoms. The molecule has 1 aliphatic rings. The minimum Gasteiger partial charge on any atom is -0.457 e. The lowest BCUT2D eigenvalue weighted by Gasteiger charge is -2.36. The van der Waals surface area contributed by atoms with Crippen molar-refractivity contribution in [2.45, 2.75) is 124 Å². The summed E-state index contributed by atoms with van der Waals surface area (Å²) in [5, 5.41) is 27.8. The lowest BCUT2D eigenvalue weighted by atomic mass is 9.98. The van der Waals surface area contributed by atoms with E-state index in [0.717, 1.165) is 11.3 Å². The number of anilines is 1. The van der Waals surface area contributed by atoms with Crippen LogP contribution in [0, 0.1) is 0 Å². The minimum absolute atomic E-state index is 0.0193. The molecule has 0 saturated carbocycles. The second-order valence-corrected chi connectivity index (χ2v) is 15.2. The molecule has 2 aromatic heterocycles. The molecular formula is C29H44N10O9S. The maximum Gasteiger partial charge on any atom is 0.413 e. The number of alkyl carbamates (subject to hydrolysis) is 1. The van der Waals surface area contributed by atoms with Gasteiger partial charge in [0.05, 0.1) is 19.1 Å². The van der Waals surface area contributed by atoms with Crippen LogP contribution in [0.15, 0.2) is 10.5 Å². The molecule has 2 atom stereocenters. The number of tetrazole rings is 1. The molecule has 49 heavy (non-hydrogen) atoms. The molecule has 0 aliphatic carbocycles. The molecule has 2 aromatic rings. The summed E-state index contributed by atoms with van der Waals surface area (Å²) in [6.45, 7) is 18.1. The van der Waals surface area contributed by atoms with Crippen molar-refractivity contribution in [3.8, 4) is 0 Å².